The predicted octanol–water partition coefficient (Wildman–Crippen LogP) is 3.06. The molecule has 0 radical (unpaired) electrons. The fourth-order valence-electron chi connectivity index (χ4n) is 1.92. The largest absolute Gasteiger partial charge is 0.481 e. The van der Waals surface area contributed by atoms with Crippen LogP contribution in [0, 0.1) is 11.3 Å². The number of carbonyl (C=O) groups is 1. The molecule has 3 heteroatoms. The minimum Gasteiger partial charge on any atom is -0.481 e. The molecule has 1 aliphatic carbocycles. The molecule has 1 aliphatic rings. The van der Waals surface area contributed by atoms with Gasteiger partial charge in [0.05, 0.1) is 5.41 Å². The zero-order chi connectivity index (χ0) is 11.9. The van der Waals surface area contributed by atoms with E-state index in [1.165, 1.54) is 6.42 Å². The van der Waals surface area contributed by atoms with Crippen molar-refractivity contribution in [3.8, 4) is 0 Å². The van der Waals surface area contributed by atoms with E-state index in [-0.39, 0.29) is 0 Å². The second-order valence-electron chi connectivity index (χ2n) is 5.49. The third kappa shape index (κ3) is 2.13. The molecule has 0 saturated heterocycles. The lowest BCUT2D eigenvalue weighted by Gasteiger charge is -2.16. The summed E-state index contributed by atoms with van der Waals surface area (Å²) < 4.78 is 5.70. The first-order valence-corrected chi connectivity index (χ1v) is 5.72. The highest BCUT2D eigenvalue weighted by Crippen LogP contribution is 2.47. The maximum absolute atomic E-state index is 11.0. The van der Waals surface area contributed by atoms with Crippen LogP contribution in [-0.4, -0.2) is 11.1 Å². The monoisotopic (exact) mass is 222 g/mol. The molecule has 0 amide bonds. The van der Waals surface area contributed by atoms with Gasteiger partial charge in [0.1, 0.15) is 11.5 Å². The van der Waals surface area contributed by atoms with E-state index in [0.29, 0.717) is 18.3 Å². The van der Waals surface area contributed by atoms with Crippen LogP contribution in [-0.2, 0) is 11.2 Å². The van der Waals surface area contributed by atoms with Gasteiger partial charge < -0.3 is 9.52 Å². The quantitative estimate of drug-likeness (QED) is 0.851. The van der Waals surface area contributed by atoms with Gasteiger partial charge in [-0.05, 0) is 38.3 Å². The molecule has 2 atom stereocenters. The third-order valence-corrected chi connectivity index (χ3v) is 3.35. The highest BCUT2D eigenvalue weighted by molar-refractivity contribution is 5.73. The lowest BCUT2D eigenvalue weighted by atomic mass is 9.88. The van der Waals surface area contributed by atoms with Gasteiger partial charge in [-0.3, -0.25) is 4.79 Å². The molecular weight excluding hydrogens is 204 g/mol. The van der Waals surface area contributed by atoms with Crippen molar-refractivity contribution in [2.24, 2.45) is 11.3 Å². The Labute approximate surface area is 95.5 Å². The van der Waals surface area contributed by atoms with Crippen LogP contribution >= 0.6 is 0 Å². The highest BCUT2D eigenvalue weighted by atomic mass is 16.4. The Balaban J connectivity index is 2.05. The van der Waals surface area contributed by atoms with Gasteiger partial charge in [0.25, 0.3) is 0 Å². The third-order valence-electron chi connectivity index (χ3n) is 3.35. The summed E-state index contributed by atoms with van der Waals surface area (Å²) in [6.07, 6.45) is 1.64. The molecule has 16 heavy (non-hydrogen) atoms. The zero-order valence-electron chi connectivity index (χ0n) is 9.99. The molecule has 0 aromatic carbocycles. The second-order valence-corrected chi connectivity index (χ2v) is 5.49. The minimum absolute atomic E-state index is 0.448. The van der Waals surface area contributed by atoms with Crippen LogP contribution < -0.4 is 0 Å². The fourth-order valence-corrected chi connectivity index (χ4v) is 1.92. The van der Waals surface area contributed by atoms with E-state index in [1.807, 2.05) is 12.1 Å². The molecule has 1 heterocycles. The lowest BCUT2D eigenvalue weighted by molar-refractivity contribution is -0.147. The molecule has 1 fully saturated rings. The summed E-state index contributed by atoms with van der Waals surface area (Å²) in [5, 5.41) is 9.03. The highest BCUT2D eigenvalue weighted by Gasteiger charge is 2.37. The van der Waals surface area contributed by atoms with E-state index in [9.17, 15) is 4.79 Å². The summed E-state index contributed by atoms with van der Waals surface area (Å²) in [5.74, 6) is 2.28. The summed E-state index contributed by atoms with van der Waals surface area (Å²) in [7, 11) is 0. The Hall–Kier alpha value is -1.25. The van der Waals surface area contributed by atoms with Crippen LogP contribution in [0.2, 0.25) is 0 Å². The van der Waals surface area contributed by atoms with Gasteiger partial charge in [-0.1, -0.05) is 6.92 Å². The van der Waals surface area contributed by atoms with Crippen LogP contribution in [0.5, 0.6) is 0 Å². The van der Waals surface area contributed by atoms with E-state index < -0.39 is 11.4 Å². The van der Waals surface area contributed by atoms with E-state index in [1.54, 1.807) is 13.8 Å². The average Bonchev–Trinajstić information content (AvgIpc) is 2.73. The number of hydrogen-bond acceptors (Lipinski definition) is 2. The fraction of sp³-hybridized carbons (Fsp3) is 0.615. The molecular formula is C13H18O3. The molecule has 1 saturated carbocycles. The molecule has 88 valence electrons. The van der Waals surface area contributed by atoms with Crippen LogP contribution in [0.15, 0.2) is 16.5 Å². The maximum atomic E-state index is 11.0. The van der Waals surface area contributed by atoms with Gasteiger partial charge in [0, 0.05) is 12.3 Å². The van der Waals surface area contributed by atoms with E-state index in [2.05, 4.69) is 6.92 Å². The first-order chi connectivity index (χ1) is 7.40. The number of carboxylic acid groups (broad SMARTS) is 1. The summed E-state index contributed by atoms with van der Waals surface area (Å²) in [5.41, 5.74) is -0.760. The van der Waals surface area contributed by atoms with Gasteiger partial charge in [-0.15, -0.1) is 0 Å². The molecule has 1 N–H and O–H groups in total. The van der Waals surface area contributed by atoms with Gasteiger partial charge in [-0.25, -0.2) is 0 Å². The van der Waals surface area contributed by atoms with Crippen molar-refractivity contribution >= 4 is 5.97 Å². The smallest absolute Gasteiger partial charge is 0.309 e. The van der Waals surface area contributed by atoms with Crippen molar-refractivity contribution in [1.82, 2.24) is 0 Å². The van der Waals surface area contributed by atoms with Crippen molar-refractivity contribution in [3.63, 3.8) is 0 Å². The molecule has 1 aromatic heterocycles. The van der Waals surface area contributed by atoms with Crippen molar-refractivity contribution in [1.29, 1.82) is 0 Å². The summed E-state index contributed by atoms with van der Waals surface area (Å²) in [6, 6.07) is 3.90. The molecule has 3 nitrogen and oxygen atoms in total. The standard InChI is InChI=1S/C13H18O3/c1-8-6-10(8)11-5-4-9(16-11)7-13(2,3)12(14)15/h4-5,8,10H,6-7H2,1-3H3,(H,14,15). The maximum Gasteiger partial charge on any atom is 0.309 e. The number of furan rings is 1. The summed E-state index contributed by atoms with van der Waals surface area (Å²) in [4.78, 5) is 11.0. The Morgan fingerprint density at radius 2 is 2.19 bits per heavy atom. The Morgan fingerprint density at radius 3 is 2.69 bits per heavy atom. The summed E-state index contributed by atoms with van der Waals surface area (Å²) >= 11 is 0. The Bertz CT molecular complexity index is 403. The number of carboxylic acids is 1. The van der Waals surface area contributed by atoms with Crippen molar-refractivity contribution < 1.29 is 14.3 Å². The average molecular weight is 222 g/mol. The molecule has 0 aliphatic heterocycles. The number of aliphatic carboxylic acids is 1. The predicted molar refractivity (Wildman–Crippen MR) is 60.4 cm³/mol. The van der Waals surface area contributed by atoms with Crippen LogP contribution in [0.1, 0.15) is 44.6 Å². The van der Waals surface area contributed by atoms with Crippen molar-refractivity contribution in [3.05, 3.63) is 23.7 Å². The number of hydrogen-bond donors (Lipinski definition) is 1. The van der Waals surface area contributed by atoms with Gasteiger partial charge in [-0.2, -0.15) is 0 Å². The first kappa shape index (κ1) is 11.2. The molecule has 0 spiro atoms. The Kier molecular flexibility index (Phi) is 2.56. The SMILES string of the molecule is CC1CC1c1ccc(CC(C)(C)C(=O)O)o1. The molecule has 2 rings (SSSR count). The minimum atomic E-state index is -0.787. The van der Waals surface area contributed by atoms with Gasteiger partial charge in [0.15, 0.2) is 0 Å². The Morgan fingerprint density at radius 1 is 1.56 bits per heavy atom. The molecule has 0 bridgehead atoms. The normalized spacial score (nSPS) is 24.4. The van der Waals surface area contributed by atoms with E-state index in [0.717, 1.165) is 11.5 Å². The van der Waals surface area contributed by atoms with E-state index >= 15 is 0 Å². The summed E-state index contributed by atoms with van der Waals surface area (Å²) in [6.45, 7) is 5.64. The van der Waals surface area contributed by atoms with Crippen LogP contribution in [0.3, 0.4) is 0 Å². The number of rotatable bonds is 4. The first-order valence-electron chi connectivity index (χ1n) is 5.72. The van der Waals surface area contributed by atoms with Crippen LogP contribution in [0.25, 0.3) is 0 Å². The zero-order valence-corrected chi connectivity index (χ0v) is 9.99. The lowest BCUT2D eigenvalue weighted by Crippen LogP contribution is -2.25. The molecule has 2 unspecified atom stereocenters. The van der Waals surface area contributed by atoms with Gasteiger partial charge in [0.2, 0.25) is 0 Å². The van der Waals surface area contributed by atoms with Gasteiger partial charge >= 0.3 is 5.97 Å². The second kappa shape index (κ2) is 3.65. The van der Waals surface area contributed by atoms with Crippen molar-refractivity contribution in [2.75, 3.05) is 0 Å². The van der Waals surface area contributed by atoms with Crippen LogP contribution in [0.4, 0.5) is 0 Å². The topological polar surface area (TPSA) is 50.4 Å². The molecule has 1 aromatic rings. The van der Waals surface area contributed by atoms with Crippen molar-refractivity contribution in [2.45, 2.75) is 39.5 Å². The van der Waals surface area contributed by atoms with E-state index in [4.69, 9.17) is 9.52 Å².